The molecule has 1 atom stereocenters. The molecule has 27 heavy (non-hydrogen) atoms. The van der Waals surface area contributed by atoms with Crippen molar-refractivity contribution in [3.8, 4) is 11.1 Å². The number of halogens is 1. The van der Waals surface area contributed by atoms with E-state index in [0.29, 0.717) is 22.5 Å². The maximum Gasteiger partial charge on any atom is 0.414 e. The number of carbonyl (C=O) groups excluding carboxylic acids is 2. The number of carbonyl (C=O) groups is 2. The van der Waals surface area contributed by atoms with Crippen LogP contribution in [0.4, 0.5) is 14.9 Å². The summed E-state index contributed by atoms with van der Waals surface area (Å²) in [5, 5.41) is 2.60. The third kappa shape index (κ3) is 4.08. The first-order chi connectivity index (χ1) is 12.8. The smallest absolute Gasteiger partial charge is 0.414 e. The number of nitrogens with two attached hydrogens (primary N) is 1. The van der Waals surface area contributed by atoms with Gasteiger partial charge in [-0.05, 0) is 29.3 Å². The van der Waals surface area contributed by atoms with Gasteiger partial charge in [-0.25, -0.2) is 9.18 Å². The van der Waals surface area contributed by atoms with Crippen LogP contribution in [0.5, 0.6) is 0 Å². The number of hydrogen-bond donors (Lipinski definition) is 2. The molecule has 0 spiro atoms. The standard InChI is InChI=1S/C20H20FN3O3/c1-12(22)14-3-5-15(6-4-14)18-8-7-16(9-19(18)21)24-11-17(27-20(24)26)10-23-13(2)25/h3-9,17H,1,10-11,22H2,2H3,(H,23,25). The number of anilines is 1. The third-order valence-electron chi connectivity index (χ3n) is 4.28. The average Bonchev–Trinajstić information content (AvgIpc) is 3.01. The Morgan fingerprint density at radius 2 is 2.04 bits per heavy atom. The molecule has 7 heteroatoms. The summed E-state index contributed by atoms with van der Waals surface area (Å²) in [6.07, 6.45) is -1.04. The molecule has 3 N–H and O–H groups in total. The Hall–Kier alpha value is -3.35. The van der Waals surface area contributed by atoms with Crippen molar-refractivity contribution in [3.05, 3.63) is 60.4 Å². The van der Waals surface area contributed by atoms with Crippen LogP contribution in [-0.2, 0) is 9.53 Å². The van der Waals surface area contributed by atoms with Gasteiger partial charge in [-0.1, -0.05) is 30.8 Å². The second-order valence-corrected chi connectivity index (χ2v) is 6.32. The normalized spacial score (nSPS) is 16.1. The minimum absolute atomic E-state index is 0.205. The highest BCUT2D eigenvalue weighted by molar-refractivity contribution is 5.90. The summed E-state index contributed by atoms with van der Waals surface area (Å²) in [6, 6.07) is 11.7. The zero-order valence-corrected chi connectivity index (χ0v) is 14.9. The summed E-state index contributed by atoms with van der Waals surface area (Å²) in [5.41, 5.74) is 8.37. The fourth-order valence-corrected chi connectivity index (χ4v) is 2.87. The topological polar surface area (TPSA) is 84.7 Å². The van der Waals surface area contributed by atoms with E-state index in [0.717, 1.165) is 5.56 Å². The number of hydrogen-bond acceptors (Lipinski definition) is 4. The Morgan fingerprint density at radius 1 is 1.33 bits per heavy atom. The minimum atomic E-state index is -0.566. The van der Waals surface area contributed by atoms with Crippen molar-refractivity contribution >= 4 is 23.4 Å². The van der Waals surface area contributed by atoms with Gasteiger partial charge in [-0.2, -0.15) is 0 Å². The van der Waals surface area contributed by atoms with Crippen molar-refractivity contribution < 1.29 is 18.7 Å². The van der Waals surface area contributed by atoms with Crippen molar-refractivity contribution in [1.29, 1.82) is 0 Å². The highest BCUT2D eigenvalue weighted by Gasteiger charge is 2.32. The lowest BCUT2D eigenvalue weighted by Crippen LogP contribution is -2.33. The van der Waals surface area contributed by atoms with Gasteiger partial charge in [-0.15, -0.1) is 0 Å². The molecule has 1 saturated heterocycles. The van der Waals surface area contributed by atoms with E-state index in [1.807, 2.05) is 0 Å². The quantitative estimate of drug-likeness (QED) is 0.849. The van der Waals surface area contributed by atoms with Crippen molar-refractivity contribution in [3.63, 3.8) is 0 Å². The number of amides is 2. The predicted molar refractivity (Wildman–Crippen MR) is 101 cm³/mol. The van der Waals surface area contributed by atoms with Gasteiger partial charge < -0.3 is 15.8 Å². The first-order valence-electron chi connectivity index (χ1n) is 8.42. The van der Waals surface area contributed by atoms with Gasteiger partial charge in [0, 0.05) is 18.2 Å². The van der Waals surface area contributed by atoms with E-state index in [1.54, 1.807) is 36.4 Å². The molecule has 0 radical (unpaired) electrons. The number of nitrogens with zero attached hydrogens (tertiary/aromatic N) is 1. The summed E-state index contributed by atoms with van der Waals surface area (Å²) < 4.78 is 19.8. The largest absolute Gasteiger partial charge is 0.442 e. The van der Waals surface area contributed by atoms with Crippen LogP contribution in [0.3, 0.4) is 0 Å². The number of ether oxygens (including phenoxy) is 1. The molecule has 0 aromatic heterocycles. The molecular formula is C20H20FN3O3. The Labute approximate surface area is 156 Å². The van der Waals surface area contributed by atoms with Crippen LogP contribution < -0.4 is 16.0 Å². The maximum atomic E-state index is 14.6. The molecule has 0 bridgehead atoms. The van der Waals surface area contributed by atoms with Crippen LogP contribution in [0.15, 0.2) is 49.0 Å². The number of rotatable bonds is 5. The van der Waals surface area contributed by atoms with Crippen LogP contribution in [0.2, 0.25) is 0 Å². The summed E-state index contributed by atoms with van der Waals surface area (Å²) in [6.45, 7) is 5.52. The first kappa shape index (κ1) is 18.4. The number of cyclic esters (lactones) is 1. The Balaban J connectivity index is 1.77. The SMILES string of the molecule is C=C(N)c1ccc(-c2ccc(N3CC(CNC(C)=O)OC3=O)cc2F)cc1. The molecule has 140 valence electrons. The summed E-state index contributed by atoms with van der Waals surface area (Å²) in [4.78, 5) is 24.4. The van der Waals surface area contributed by atoms with E-state index in [9.17, 15) is 14.0 Å². The fraction of sp³-hybridized carbons (Fsp3) is 0.200. The Morgan fingerprint density at radius 3 is 2.63 bits per heavy atom. The molecule has 1 aliphatic rings. The molecule has 3 rings (SSSR count). The average molecular weight is 369 g/mol. The maximum absolute atomic E-state index is 14.6. The van der Waals surface area contributed by atoms with Gasteiger partial charge in [0.05, 0.1) is 18.8 Å². The summed E-state index contributed by atoms with van der Waals surface area (Å²) in [5.74, 6) is -0.658. The monoisotopic (exact) mass is 369 g/mol. The molecule has 0 saturated carbocycles. The molecule has 6 nitrogen and oxygen atoms in total. The van der Waals surface area contributed by atoms with Crippen LogP contribution in [0.25, 0.3) is 16.8 Å². The van der Waals surface area contributed by atoms with Crippen molar-refractivity contribution in [2.75, 3.05) is 18.0 Å². The van der Waals surface area contributed by atoms with Gasteiger partial charge in [0.15, 0.2) is 0 Å². The van der Waals surface area contributed by atoms with E-state index in [1.165, 1.54) is 17.9 Å². The van der Waals surface area contributed by atoms with Gasteiger partial charge in [0.25, 0.3) is 0 Å². The van der Waals surface area contributed by atoms with Crippen LogP contribution in [0, 0.1) is 5.82 Å². The molecular weight excluding hydrogens is 349 g/mol. The second-order valence-electron chi connectivity index (χ2n) is 6.32. The van der Waals surface area contributed by atoms with Gasteiger partial charge >= 0.3 is 6.09 Å². The third-order valence-corrected chi connectivity index (χ3v) is 4.28. The number of benzene rings is 2. The fourth-order valence-electron chi connectivity index (χ4n) is 2.87. The minimum Gasteiger partial charge on any atom is -0.442 e. The van der Waals surface area contributed by atoms with E-state index >= 15 is 0 Å². The van der Waals surface area contributed by atoms with E-state index < -0.39 is 18.0 Å². The lowest BCUT2D eigenvalue weighted by molar-refractivity contribution is -0.119. The van der Waals surface area contributed by atoms with Crippen LogP contribution >= 0.6 is 0 Å². The molecule has 2 amide bonds. The second kappa shape index (κ2) is 7.49. The van der Waals surface area contributed by atoms with E-state index in [4.69, 9.17) is 10.5 Å². The van der Waals surface area contributed by atoms with Crippen molar-refractivity contribution in [2.45, 2.75) is 13.0 Å². The van der Waals surface area contributed by atoms with Gasteiger partial charge in [0.1, 0.15) is 11.9 Å². The summed E-state index contributed by atoms with van der Waals surface area (Å²) >= 11 is 0. The van der Waals surface area contributed by atoms with Gasteiger partial charge in [0.2, 0.25) is 5.91 Å². The Kier molecular flexibility index (Phi) is 5.12. The van der Waals surface area contributed by atoms with Crippen molar-refractivity contribution in [2.24, 2.45) is 5.73 Å². The first-order valence-corrected chi connectivity index (χ1v) is 8.42. The van der Waals surface area contributed by atoms with E-state index in [2.05, 4.69) is 11.9 Å². The lowest BCUT2D eigenvalue weighted by Gasteiger charge is -2.14. The van der Waals surface area contributed by atoms with Crippen LogP contribution in [-0.4, -0.2) is 31.2 Å². The summed E-state index contributed by atoms with van der Waals surface area (Å²) in [7, 11) is 0. The predicted octanol–water partition coefficient (Wildman–Crippen LogP) is 2.88. The molecule has 2 aromatic carbocycles. The zero-order chi connectivity index (χ0) is 19.6. The lowest BCUT2D eigenvalue weighted by atomic mass is 10.0. The highest BCUT2D eigenvalue weighted by Crippen LogP contribution is 2.29. The van der Waals surface area contributed by atoms with E-state index in [-0.39, 0.29) is 19.0 Å². The van der Waals surface area contributed by atoms with Gasteiger partial charge in [-0.3, -0.25) is 9.69 Å². The molecule has 1 fully saturated rings. The molecule has 1 aliphatic heterocycles. The van der Waals surface area contributed by atoms with Crippen LogP contribution in [0.1, 0.15) is 12.5 Å². The number of nitrogens with one attached hydrogen (secondary N) is 1. The van der Waals surface area contributed by atoms with Crippen molar-refractivity contribution in [1.82, 2.24) is 5.32 Å². The molecule has 1 unspecified atom stereocenters. The highest BCUT2D eigenvalue weighted by atomic mass is 19.1. The zero-order valence-electron chi connectivity index (χ0n) is 14.9. The molecule has 2 aromatic rings. The Bertz CT molecular complexity index is 896. The molecule has 1 heterocycles. The molecule has 0 aliphatic carbocycles.